The van der Waals surface area contributed by atoms with E-state index in [1.807, 2.05) is 6.07 Å². The van der Waals surface area contributed by atoms with E-state index < -0.39 is 10.0 Å². The molecule has 0 fully saturated rings. The monoisotopic (exact) mass is 322 g/mol. The third-order valence-corrected chi connectivity index (χ3v) is 4.08. The van der Waals surface area contributed by atoms with Crippen LogP contribution in [0.2, 0.25) is 5.02 Å². The summed E-state index contributed by atoms with van der Waals surface area (Å²) in [6, 6.07) is 5.93. The summed E-state index contributed by atoms with van der Waals surface area (Å²) in [5.41, 5.74) is 0.324. The minimum absolute atomic E-state index is 0.0193. The molecular weight excluding hydrogens is 316 g/mol. The molecule has 0 atom stereocenters. The molecule has 0 unspecified atom stereocenters. The summed E-state index contributed by atoms with van der Waals surface area (Å²) in [6.07, 6.45) is 0. The average molecular weight is 324 g/mol. The van der Waals surface area contributed by atoms with Crippen molar-refractivity contribution in [3.8, 4) is 6.07 Å². The zero-order valence-corrected chi connectivity index (χ0v) is 11.2. The van der Waals surface area contributed by atoms with Gasteiger partial charge in [0.15, 0.2) is 0 Å². The first-order valence-electron chi connectivity index (χ1n) is 4.26. The lowest BCUT2D eigenvalue weighted by molar-refractivity contribution is 0.584. The summed E-state index contributed by atoms with van der Waals surface area (Å²) >= 11 is 8.90. The molecular formula is C9H8BrClN2O2S. The number of nitrogens with zero attached hydrogens (tertiary/aromatic N) is 1. The number of alkyl halides is 1. The summed E-state index contributed by atoms with van der Waals surface area (Å²) in [4.78, 5) is -0.0193. The molecule has 7 heteroatoms. The molecule has 0 heterocycles. The SMILES string of the molecule is N#Cc1ccc(S(=O)(=O)NCCBr)c(Cl)c1. The Hall–Kier alpha value is -0.610. The molecule has 0 aliphatic carbocycles. The molecule has 1 N–H and O–H groups in total. The van der Waals surface area contributed by atoms with Crippen LogP contribution in [-0.2, 0) is 10.0 Å². The predicted molar refractivity (Wildman–Crippen MR) is 65.1 cm³/mol. The lowest BCUT2D eigenvalue weighted by Crippen LogP contribution is -2.25. The summed E-state index contributed by atoms with van der Waals surface area (Å²) in [6.45, 7) is 0.276. The number of sulfonamides is 1. The highest BCUT2D eigenvalue weighted by molar-refractivity contribution is 9.09. The number of benzene rings is 1. The zero-order valence-electron chi connectivity index (χ0n) is 8.07. The maximum absolute atomic E-state index is 11.7. The molecule has 0 saturated carbocycles. The van der Waals surface area contributed by atoms with Crippen molar-refractivity contribution in [2.24, 2.45) is 0 Å². The van der Waals surface area contributed by atoms with Crippen LogP contribution in [-0.4, -0.2) is 20.3 Å². The molecule has 0 spiro atoms. The average Bonchev–Trinajstić information content (AvgIpc) is 2.25. The minimum atomic E-state index is -3.60. The smallest absolute Gasteiger partial charge is 0.210 e. The van der Waals surface area contributed by atoms with Gasteiger partial charge in [-0.1, -0.05) is 27.5 Å². The van der Waals surface area contributed by atoms with Gasteiger partial charge >= 0.3 is 0 Å². The summed E-state index contributed by atoms with van der Waals surface area (Å²) in [5.74, 6) is 0. The van der Waals surface area contributed by atoms with E-state index in [-0.39, 0.29) is 16.5 Å². The van der Waals surface area contributed by atoms with Gasteiger partial charge in [0.2, 0.25) is 10.0 Å². The second-order valence-corrected chi connectivity index (χ2v) is 5.78. The fraction of sp³-hybridized carbons (Fsp3) is 0.222. The molecule has 0 bridgehead atoms. The van der Waals surface area contributed by atoms with E-state index >= 15 is 0 Å². The van der Waals surface area contributed by atoms with Crippen LogP contribution in [0.3, 0.4) is 0 Å². The Bertz CT molecular complexity index is 525. The summed E-state index contributed by atoms with van der Waals surface area (Å²) < 4.78 is 25.8. The molecule has 4 nitrogen and oxygen atoms in total. The van der Waals surface area contributed by atoms with E-state index in [2.05, 4.69) is 20.7 Å². The highest BCUT2D eigenvalue weighted by Crippen LogP contribution is 2.22. The van der Waals surface area contributed by atoms with Gasteiger partial charge in [-0.3, -0.25) is 0 Å². The van der Waals surface area contributed by atoms with Crippen molar-refractivity contribution in [1.82, 2.24) is 4.72 Å². The zero-order chi connectivity index (χ0) is 12.2. The highest BCUT2D eigenvalue weighted by Gasteiger charge is 2.17. The third-order valence-electron chi connectivity index (χ3n) is 1.74. The normalized spacial score (nSPS) is 11.1. The van der Waals surface area contributed by atoms with E-state index in [9.17, 15) is 8.42 Å². The number of hydrogen-bond donors (Lipinski definition) is 1. The second kappa shape index (κ2) is 5.64. The molecule has 0 aliphatic rings. The Morgan fingerprint density at radius 1 is 1.50 bits per heavy atom. The molecule has 0 radical (unpaired) electrons. The lowest BCUT2D eigenvalue weighted by atomic mass is 10.2. The van der Waals surface area contributed by atoms with Gasteiger partial charge in [0, 0.05) is 11.9 Å². The molecule has 16 heavy (non-hydrogen) atoms. The van der Waals surface area contributed by atoms with Crippen molar-refractivity contribution < 1.29 is 8.42 Å². The van der Waals surface area contributed by atoms with Crippen molar-refractivity contribution in [1.29, 1.82) is 5.26 Å². The van der Waals surface area contributed by atoms with Gasteiger partial charge in [-0.2, -0.15) is 5.26 Å². The fourth-order valence-electron chi connectivity index (χ4n) is 1.04. The number of halogens is 2. The number of hydrogen-bond acceptors (Lipinski definition) is 3. The quantitative estimate of drug-likeness (QED) is 0.860. The predicted octanol–water partition coefficient (Wildman–Crippen LogP) is 1.88. The van der Waals surface area contributed by atoms with E-state index in [4.69, 9.17) is 16.9 Å². The van der Waals surface area contributed by atoms with Gasteiger partial charge in [0.25, 0.3) is 0 Å². The van der Waals surface area contributed by atoms with Crippen LogP contribution >= 0.6 is 27.5 Å². The highest BCUT2D eigenvalue weighted by atomic mass is 79.9. The third kappa shape index (κ3) is 3.19. The maximum Gasteiger partial charge on any atom is 0.242 e. The topological polar surface area (TPSA) is 70.0 Å². The molecule has 86 valence electrons. The standard InChI is InChI=1S/C9H8BrClN2O2S/c10-3-4-13-16(14,15)9-2-1-7(6-12)5-8(9)11/h1-2,5,13H,3-4H2. The van der Waals surface area contributed by atoms with Crippen molar-refractivity contribution in [2.45, 2.75) is 4.90 Å². The molecule has 0 saturated heterocycles. The van der Waals surface area contributed by atoms with Gasteiger partial charge in [-0.05, 0) is 18.2 Å². The molecule has 0 amide bonds. The van der Waals surface area contributed by atoms with Crippen molar-refractivity contribution in [3.05, 3.63) is 28.8 Å². The molecule has 1 aromatic rings. The maximum atomic E-state index is 11.7. The van der Waals surface area contributed by atoms with Crippen LogP contribution in [0.1, 0.15) is 5.56 Å². The van der Waals surface area contributed by atoms with Gasteiger partial charge in [0.05, 0.1) is 16.7 Å². The van der Waals surface area contributed by atoms with Gasteiger partial charge in [-0.25, -0.2) is 13.1 Å². The Labute approximate surface area is 107 Å². The summed E-state index contributed by atoms with van der Waals surface area (Å²) in [7, 11) is -3.60. The van der Waals surface area contributed by atoms with E-state index in [0.717, 1.165) is 0 Å². The largest absolute Gasteiger partial charge is 0.242 e. The Morgan fingerprint density at radius 2 is 2.19 bits per heavy atom. The van der Waals surface area contributed by atoms with Gasteiger partial charge in [-0.15, -0.1) is 0 Å². The van der Waals surface area contributed by atoms with Crippen molar-refractivity contribution in [2.75, 3.05) is 11.9 Å². The Morgan fingerprint density at radius 3 is 2.69 bits per heavy atom. The van der Waals surface area contributed by atoms with Crippen LogP contribution in [0.25, 0.3) is 0 Å². The van der Waals surface area contributed by atoms with E-state index in [1.54, 1.807) is 0 Å². The summed E-state index contributed by atoms with van der Waals surface area (Å²) in [5, 5.41) is 9.17. The van der Waals surface area contributed by atoms with Gasteiger partial charge in [0.1, 0.15) is 4.90 Å². The first-order valence-corrected chi connectivity index (χ1v) is 7.25. The van der Waals surface area contributed by atoms with Gasteiger partial charge < -0.3 is 0 Å². The first kappa shape index (κ1) is 13.5. The van der Waals surface area contributed by atoms with Crippen LogP contribution in [0, 0.1) is 11.3 Å². The van der Waals surface area contributed by atoms with Crippen molar-refractivity contribution >= 4 is 37.6 Å². The van der Waals surface area contributed by atoms with Crippen LogP contribution in [0.4, 0.5) is 0 Å². The molecule has 1 aromatic carbocycles. The first-order chi connectivity index (χ1) is 7.51. The van der Waals surface area contributed by atoms with Crippen LogP contribution in [0.5, 0.6) is 0 Å². The Kier molecular flexibility index (Phi) is 4.74. The van der Waals surface area contributed by atoms with E-state index in [1.165, 1.54) is 18.2 Å². The minimum Gasteiger partial charge on any atom is -0.210 e. The van der Waals surface area contributed by atoms with E-state index in [0.29, 0.717) is 10.9 Å². The number of rotatable bonds is 4. The van der Waals surface area contributed by atoms with Crippen molar-refractivity contribution in [3.63, 3.8) is 0 Å². The lowest BCUT2D eigenvalue weighted by Gasteiger charge is -2.06. The number of nitriles is 1. The molecule has 0 aliphatic heterocycles. The molecule has 1 rings (SSSR count). The van der Waals surface area contributed by atoms with Crippen LogP contribution in [0.15, 0.2) is 23.1 Å². The number of nitrogens with one attached hydrogen (secondary N) is 1. The molecule has 0 aromatic heterocycles. The van der Waals surface area contributed by atoms with Crippen LogP contribution < -0.4 is 4.72 Å². The Balaban J connectivity index is 3.10. The fourth-order valence-corrected chi connectivity index (χ4v) is 3.07. The second-order valence-electron chi connectivity index (χ2n) is 2.84.